The number of carbonyl (C=O) groups excluding carboxylic acids is 1. The van der Waals surface area contributed by atoms with E-state index in [1.165, 1.54) is 11.3 Å². The molecule has 0 saturated carbocycles. The van der Waals surface area contributed by atoms with E-state index < -0.39 is 0 Å². The highest BCUT2D eigenvalue weighted by molar-refractivity contribution is 6.34. The first-order chi connectivity index (χ1) is 14.6. The molecule has 1 fully saturated rings. The molecule has 3 aromatic rings. The third kappa shape index (κ3) is 5.02. The summed E-state index contributed by atoms with van der Waals surface area (Å²) in [5.74, 6) is -0.192. The van der Waals surface area contributed by atoms with E-state index in [4.69, 9.17) is 11.6 Å². The number of carbonyl (C=O) groups is 1. The fraction of sp³-hybridized carbons (Fsp3) is 0.240. The summed E-state index contributed by atoms with van der Waals surface area (Å²) in [6.45, 7) is 7.03. The number of anilines is 2. The van der Waals surface area contributed by atoms with Crippen molar-refractivity contribution in [1.29, 1.82) is 0 Å². The van der Waals surface area contributed by atoms with Gasteiger partial charge in [-0.2, -0.15) is 0 Å². The van der Waals surface area contributed by atoms with E-state index >= 15 is 0 Å². The molecule has 0 aliphatic carbocycles. The lowest BCUT2D eigenvalue weighted by atomic mass is 10.1. The van der Waals surface area contributed by atoms with Gasteiger partial charge in [0.05, 0.1) is 10.6 Å². The molecule has 0 spiro atoms. The summed E-state index contributed by atoms with van der Waals surface area (Å²) >= 11 is 6.21. The van der Waals surface area contributed by atoms with Crippen molar-refractivity contribution in [2.45, 2.75) is 13.5 Å². The first-order valence-corrected chi connectivity index (χ1v) is 10.6. The Labute approximate surface area is 183 Å². The number of hydrogen-bond donors (Lipinski definition) is 1. The van der Waals surface area contributed by atoms with Crippen LogP contribution in [0.1, 0.15) is 21.5 Å². The van der Waals surface area contributed by atoms with Gasteiger partial charge in [-0.1, -0.05) is 48.0 Å². The number of nitrogens with one attached hydrogen (secondary N) is 1. The Morgan fingerprint density at radius 2 is 1.63 bits per heavy atom. The van der Waals surface area contributed by atoms with Gasteiger partial charge in [0.1, 0.15) is 0 Å². The molecule has 4 rings (SSSR count). The van der Waals surface area contributed by atoms with Gasteiger partial charge in [-0.05, 0) is 54.4 Å². The number of piperazine rings is 1. The van der Waals surface area contributed by atoms with Crippen LogP contribution >= 0.6 is 11.6 Å². The molecule has 154 valence electrons. The highest BCUT2D eigenvalue weighted by Crippen LogP contribution is 2.22. The lowest BCUT2D eigenvalue weighted by Crippen LogP contribution is -2.45. The second-order valence-corrected chi connectivity index (χ2v) is 8.14. The maximum atomic E-state index is 12.5. The van der Waals surface area contributed by atoms with Crippen molar-refractivity contribution in [2.75, 3.05) is 36.4 Å². The third-order valence-corrected chi connectivity index (χ3v) is 5.79. The normalized spacial score (nSPS) is 14.5. The van der Waals surface area contributed by atoms with Crippen molar-refractivity contribution < 1.29 is 4.79 Å². The first-order valence-electron chi connectivity index (χ1n) is 10.3. The minimum absolute atomic E-state index is 0.192. The molecule has 5 heteroatoms. The van der Waals surface area contributed by atoms with Crippen molar-refractivity contribution >= 4 is 28.9 Å². The molecule has 1 amide bonds. The number of nitrogens with zero attached hydrogens (tertiary/aromatic N) is 2. The van der Waals surface area contributed by atoms with Crippen LogP contribution in [0.25, 0.3) is 0 Å². The van der Waals surface area contributed by atoms with Gasteiger partial charge in [0.15, 0.2) is 0 Å². The van der Waals surface area contributed by atoms with Gasteiger partial charge in [-0.25, -0.2) is 0 Å². The summed E-state index contributed by atoms with van der Waals surface area (Å²) < 4.78 is 0. The average Bonchev–Trinajstić information content (AvgIpc) is 2.75. The highest BCUT2D eigenvalue weighted by Gasteiger charge is 2.17. The molecular weight excluding hydrogens is 394 g/mol. The van der Waals surface area contributed by atoms with Crippen LogP contribution in [-0.2, 0) is 6.54 Å². The zero-order chi connectivity index (χ0) is 20.9. The quantitative estimate of drug-likeness (QED) is 0.615. The van der Waals surface area contributed by atoms with Gasteiger partial charge in [0.25, 0.3) is 5.91 Å². The first kappa shape index (κ1) is 20.5. The van der Waals surface area contributed by atoms with Crippen molar-refractivity contribution in [1.82, 2.24) is 4.90 Å². The van der Waals surface area contributed by atoms with E-state index in [1.807, 2.05) is 25.1 Å². The van der Waals surface area contributed by atoms with E-state index in [2.05, 4.69) is 57.6 Å². The molecule has 0 aromatic heterocycles. The molecule has 3 aromatic carbocycles. The maximum absolute atomic E-state index is 12.5. The minimum atomic E-state index is -0.192. The Kier molecular flexibility index (Phi) is 6.36. The standard InChI is InChI=1S/C25H26ClN3O/c1-19-7-12-23(24(26)17-19)25(30)27-21-8-10-22(11-9-21)29-15-13-28(14-16-29)18-20-5-3-2-4-6-20/h2-12,17H,13-16,18H2,1H3,(H,27,30). The molecule has 1 saturated heterocycles. The molecular formula is C25H26ClN3O. The van der Waals surface area contributed by atoms with Gasteiger partial charge in [-0.3, -0.25) is 9.69 Å². The van der Waals surface area contributed by atoms with E-state index in [9.17, 15) is 4.79 Å². The fourth-order valence-corrected chi connectivity index (χ4v) is 4.09. The monoisotopic (exact) mass is 419 g/mol. The zero-order valence-corrected chi connectivity index (χ0v) is 17.9. The molecule has 1 aliphatic heterocycles. The van der Waals surface area contributed by atoms with E-state index in [1.54, 1.807) is 12.1 Å². The molecule has 0 bridgehead atoms. The number of rotatable bonds is 5. The minimum Gasteiger partial charge on any atom is -0.369 e. The van der Waals surface area contributed by atoms with Crippen LogP contribution in [0.5, 0.6) is 0 Å². The van der Waals surface area contributed by atoms with Crippen LogP contribution in [0, 0.1) is 6.92 Å². The van der Waals surface area contributed by atoms with E-state index in [0.717, 1.165) is 44.0 Å². The number of benzene rings is 3. The van der Waals surface area contributed by atoms with Gasteiger partial charge in [-0.15, -0.1) is 0 Å². The fourth-order valence-electron chi connectivity index (χ4n) is 3.76. The molecule has 1 N–H and O–H groups in total. The summed E-state index contributed by atoms with van der Waals surface area (Å²) in [4.78, 5) is 17.4. The van der Waals surface area contributed by atoms with Gasteiger partial charge >= 0.3 is 0 Å². The summed E-state index contributed by atoms with van der Waals surface area (Å²) in [5.41, 5.74) is 4.83. The molecule has 0 atom stereocenters. The highest BCUT2D eigenvalue weighted by atomic mass is 35.5. The molecule has 0 unspecified atom stereocenters. The Morgan fingerprint density at radius 1 is 0.933 bits per heavy atom. The molecule has 4 nitrogen and oxygen atoms in total. The lowest BCUT2D eigenvalue weighted by molar-refractivity contribution is 0.102. The molecule has 30 heavy (non-hydrogen) atoms. The Morgan fingerprint density at radius 3 is 2.30 bits per heavy atom. The maximum Gasteiger partial charge on any atom is 0.257 e. The second kappa shape index (κ2) is 9.33. The zero-order valence-electron chi connectivity index (χ0n) is 17.1. The smallest absolute Gasteiger partial charge is 0.257 e. The SMILES string of the molecule is Cc1ccc(C(=O)Nc2ccc(N3CCN(Cc4ccccc4)CC3)cc2)c(Cl)c1. The Bertz CT molecular complexity index is 997. The lowest BCUT2D eigenvalue weighted by Gasteiger charge is -2.36. The van der Waals surface area contributed by atoms with Gasteiger partial charge in [0, 0.05) is 44.1 Å². The predicted octanol–water partition coefficient (Wildman–Crippen LogP) is 5.22. The largest absolute Gasteiger partial charge is 0.369 e. The Balaban J connectivity index is 1.32. The molecule has 0 radical (unpaired) electrons. The van der Waals surface area contributed by atoms with E-state index in [0.29, 0.717) is 10.6 Å². The van der Waals surface area contributed by atoms with Gasteiger partial charge in [0.2, 0.25) is 0 Å². The second-order valence-electron chi connectivity index (χ2n) is 7.73. The van der Waals surface area contributed by atoms with Crippen LogP contribution < -0.4 is 10.2 Å². The van der Waals surface area contributed by atoms with Crippen molar-refractivity contribution in [3.8, 4) is 0 Å². The summed E-state index contributed by atoms with van der Waals surface area (Å²) in [6, 6.07) is 24.1. The van der Waals surface area contributed by atoms with E-state index in [-0.39, 0.29) is 5.91 Å². The van der Waals surface area contributed by atoms with Crippen molar-refractivity contribution in [3.63, 3.8) is 0 Å². The summed E-state index contributed by atoms with van der Waals surface area (Å²) in [7, 11) is 0. The predicted molar refractivity (Wildman–Crippen MR) is 125 cm³/mol. The summed E-state index contributed by atoms with van der Waals surface area (Å²) in [6.07, 6.45) is 0. The van der Waals surface area contributed by atoms with Crippen LogP contribution in [0.15, 0.2) is 72.8 Å². The van der Waals surface area contributed by atoms with Crippen LogP contribution in [-0.4, -0.2) is 37.0 Å². The topological polar surface area (TPSA) is 35.6 Å². The number of amides is 1. The van der Waals surface area contributed by atoms with Crippen LogP contribution in [0.4, 0.5) is 11.4 Å². The molecule has 1 heterocycles. The number of halogens is 1. The average molecular weight is 420 g/mol. The number of aryl methyl sites for hydroxylation is 1. The Hall–Kier alpha value is -2.82. The van der Waals surface area contributed by atoms with Crippen molar-refractivity contribution in [3.05, 3.63) is 94.5 Å². The van der Waals surface area contributed by atoms with Gasteiger partial charge < -0.3 is 10.2 Å². The van der Waals surface area contributed by atoms with Crippen LogP contribution in [0.3, 0.4) is 0 Å². The van der Waals surface area contributed by atoms with Crippen molar-refractivity contribution in [2.24, 2.45) is 0 Å². The molecule has 1 aliphatic rings. The third-order valence-electron chi connectivity index (χ3n) is 5.48. The number of hydrogen-bond acceptors (Lipinski definition) is 3. The van der Waals surface area contributed by atoms with Crippen LogP contribution in [0.2, 0.25) is 5.02 Å². The summed E-state index contributed by atoms with van der Waals surface area (Å²) in [5, 5.41) is 3.40.